The third-order valence-corrected chi connectivity index (χ3v) is 10.9. The Morgan fingerprint density at radius 1 is 0.830 bits per heavy atom. The Bertz CT molecular complexity index is 1580. The van der Waals surface area contributed by atoms with Crippen LogP contribution in [0.25, 0.3) is 0 Å². The Morgan fingerprint density at radius 3 is 2.21 bits per heavy atom. The first-order chi connectivity index (χ1) is 22.7. The molecule has 248 valence electrons. The predicted molar refractivity (Wildman–Crippen MR) is 181 cm³/mol. The normalized spacial score (nSPS) is 23.0. The van der Waals surface area contributed by atoms with E-state index in [0.29, 0.717) is 48.1 Å². The molecular formula is C36H40Cl2N4O5. The lowest BCUT2D eigenvalue weighted by Crippen LogP contribution is -2.59. The molecule has 0 saturated carbocycles. The molecule has 3 aromatic carbocycles. The number of carboxylic acid groups (broad SMARTS) is 1. The van der Waals surface area contributed by atoms with Crippen LogP contribution < -0.4 is 5.32 Å². The number of nitrogens with one attached hydrogen (secondary N) is 1. The average molecular weight is 680 g/mol. The van der Waals surface area contributed by atoms with Crippen molar-refractivity contribution < 1.29 is 24.2 Å². The number of ether oxygens (including phenoxy) is 1. The number of carboxylic acids is 1. The highest BCUT2D eigenvalue weighted by Gasteiger charge is 2.44. The van der Waals surface area contributed by atoms with Crippen LogP contribution in [-0.4, -0.2) is 96.2 Å². The van der Waals surface area contributed by atoms with Gasteiger partial charge in [0.05, 0.1) is 28.7 Å². The second-order valence-corrected chi connectivity index (χ2v) is 13.7. The standard InChI is InChI=1S/C36H40Cl2N4O5/c37-29-12-11-28(23-30(29)38)35(14-20-42(25-35)32(43)26-7-3-1-4-8-26)13-17-40-18-15-36(16-19-40,27-9-5-2-6-10-27)39-34(46)41-21-22-47-31(24-41)33(44)45/h1-12,23,31H,13-22,24-25H2,(H,39,46)(H,44,45). The highest BCUT2D eigenvalue weighted by Crippen LogP contribution is 2.41. The molecule has 2 unspecified atom stereocenters. The Balaban J connectivity index is 1.16. The second-order valence-electron chi connectivity index (χ2n) is 12.9. The maximum Gasteiger partial charge on any atom is 0.334 e. The molecule has 3 fully saturated rings. The van der Waals surface area contributed by atoms with E-state index in [0.717, 1.165) is 43.6 Å². The first-order valence-corrected chi connectivity index (χ1v) is 16.9. The van der Waals surface area contributed by atoms with Crippen molar-refractivity contribution in [2.45, 2.75) is 42.7 Å². The third kappa shape index (κ3) is 7.28. The van der Waals surface area contributed by atoms with Gasteiger partial charge in [-0.15, -0.1) is 0 Å². The molecule has 2 atom stereocenters. The number of aliphatic carboxylic acids is 1. The topological polar surface area (TPSA) is 102 Å². The molecule has 11 heteroatoms. The molecule has 0 spiro atoms. The number of benzene rings is 3. The summed E-state index contributed by atoms with van der Waals surface area (Å²) in [6.07, 6.45) is 2.03. The van der Waals surface area contributed by atoms with Gasteiger partial charge in [0, 0.05) is 43.7 Å². The summed E-state index contributed by atoms with van der Waals surface area (Å²) in [6, 6.07) is 25.0. The lowest BCUT2D eigenvalue weighted by Gasteiger charge is -2.45. The van der Waals surface area contributed by atoms with E-state index >= 15 is 0 Å². The molecule has 9 nitrogen and oxygen atoms in total. The molecule has 3 amide bonds. The van der Waals surface area contributed by atoms with Gasteiger partial charge in [-0.3, -0.25) is 4.79 Å². The van der Waals surface area contributed by atoms with E-state index in [1.807, 2.05) is 83.8 Å². The molecular weight excluding hydrogens is 639 g/mol. The summed E-state index contributed by atoms with van der Waals surface area (Å²) in [7, 11) is 0. The highest BCUT2D eigenvalue weighted by molar-refractivity contribution is 6.42. The molecule has 0 bridgehead atoms. The SMILES string of the molecule is O=C(O)C1CN(C(=O)NC2(c3ccccc3)CCN(CCC3(c4ccc(Cl)c(Cl)c4)CCN(C(=O)c4ccccc4)C3)CC2)CCO1. The van der Waals surface area contributed by atoms with Crippen molar-refractivity contribution in [2.75, 3.05) is 52.4 Å². The number of piperidine rings is 1. The van der Waals surface area contributed by atoms with Crippen molar-refractivity contribution in [3.05, 3.63) is 106 Å². The van der Waals surface area contributed by atoms with Gasteiger partial charge < -0.3 is 29.9 Å². The number of morpholine rings is 1. The van der Waals surface area contributed by atoms with Crippen molar-refractivity contribution in [3.63, 3.8) is 0 Å². The molecule has 3 aromatic rings. The minimum atomic E-state index is -1.07. The van der Waals surface area contributed by atoms with Crippen molar-refractivity contribution >= 4 is 41.1 Å². The van der Waals surface area contributed by atoms with E-state index in [9.17, 15) is 19.5 Å². The number of rotatable bonds is 8. The van der Waals surface area contributed by atoms with E-state index in [1.54, 1.807) is 4.90 Å². The number of carbonyl (C=O) groups is 3. The van der Waals surface area contributed by atoms with Crippen LogP contribution in [0, 0.1) is 0 Å². The lowest BCUT2D eigenvalue weighted by molar-refractivity contribution is -0.154. The van der Waals surface area contributed by atoms with E-state index in [-0.39, 0.29) is 30.5 Å². The first-order valence-electron chi connectivity index (χ1n) is 16.2. The summed E-state index contributed by atoms with van der Waals surface area (Å²) in [4.78, 5) is 44.4. The Morgan fingerprint density at radius 2 is 1.53 bits per heavy atom. The molecule has 47 heavy (non-hydrogen) atoms. The molecule has 3 saturated heterocycles. The highest BCUT2D eigenvalue weighted by atomic mass is 35.5. The van der Waals surface area contributed by atoms with Gasteiger partial charge in [-0.2, -0.15) is 0 Å². The fraction of sp³-hybridized carbons (Fsp3) is 0.417. The van der Waals surface area contributed by atoms with E-state index in [2.05, 4.69) is 10.2 Å². The van der Waals surface area contributed by atoms with Crippen molar-refractivity contribution in [2.24, 2.45) is 0 Å². The molecule has 2 N–H and O–H groups in total. The Kier molecular flexibility index (Phi) is 10.1. The molecule has 3 heterocycles. The van der Waals surface area contributed by atoms with Crippen LogP contribution in [0.3, 0.4) is 0 Å². The van der Waals surface area contributed by atoms with Gasteiger partial charge in [0.2, 0.25) is 0 Å². The van der Waals surface area contributed by atoms with Crippen LogP contribution in [0.4, 0.5) is 4.79 Å². The van der Waals surface area contributed by atoms with Gasteiger partial charge in [0.25, 0.3) is 5.91 Å². The second kappa shape index (κ2) is 14.2. The van der Waals surface area contributed by atoms with Crippen molar-refractivity contribution in [3.8, 4) is 0 Å². The summed E-state index contributed by atoms with van der Waals surface area (Å²) in [5.74, 6) is -1.04. The number of amides is 3. The maximum absolute atomic E-state index is 13.5. The molecule has 3 aliphatic heterocycles. The van der Waals surface area contributed by atoms with Crippen LogP contribution in [0.5, 0.6) is 0 Å². The summed E-state index contributed by atoms with van der Waals surface area (Å²) < 4.78 is 5.33. The van der Waals surface area contributed by atoms with Crippen LogP contribution in [0.15, 0.2) is 78.9 Å². The van der Waals surface area contributed by atoms with Crippen LogP contribution in [0.1, 0.15) is 47.2 Å². The van der Waals surface area contributed by atoms with Crippen LogP contribution in [-0.2, 0) is 20.5 Å². The van der Waals surface area contributed by atoms with Crippen LogP contribution >= 0.6 is 23.2 Å². The predicted octanol–water partition coefficient (Wildman–Crippen LogP) is 5.65. The fourth-order valence-electron chi connectivity index (χ4n) is 7.26. The third-order valence-electron chi connectivity index (χ3n) is 10.1. The number of halogens is 2. The summed E-state index contributed by atoms with van der Waals surface area (Å²) in [5, 5.41) is 13.8. The lowest BCUT2D eigenvalue weighted by atomic mass is 9.76. The van der Waals surface area contributed by atoms with Gasteiger partial charge >= 0.3 is 12.0 Å². The minimum Gasteiger partial charge on any atom is -0.479 e. The monoisotopic (exact) mass is 678 g/mol. The van der Waals surface area contributed by atoms with E-state index in [4.69, 9.17) is 27.9 Å². The number of hydrogen-bond donors (Lipinski definition) is 2. The van der Waals surface area contributed by atoms with Crippen molar-refractivity contribution in [1.82, 2.24) is 20.0 Å². The smallest absolute Gasteiger partial charge is 0.334 e. The van der Waals surface area contributed by atoms with E-state index in [1.165, 1.54) is 0 Å². The van der Waals surface area contributed by atoms with Gasteiger partial charge in [0.1, 0.15) is 0 Å². The van der Waals surface area contributed by atoms with Gasteiger partial charge in [-0.05, 0) is 67.6 Å². The maximum atomic E-state index is 13.5. The zero-order valence-corrected chi connectivity index (χ0v) is 27.8. The number of carbonyl (C=O) groups excluding carboxylic acids is 2. The van der Waals surface area contributed by atoms with Gasteiger partial charge in [-0.25, -0.2) is 9.59 Å². The number of urea groups is 1. The molecule has 6 rings (SSSR count). The zero-order chi connectivity index (χ0) is 33.0. The zero-order valence-electron chi connectivity index (χ0n) is 26.2. The first kappa shape index (κ1) is 33.3. The van der Waals surface area contributed by atoms with Gasteiger partial charge in [-0.1, -0.05) is 77.8 Å². The fourth-order valence-corrected chi connectivity index (χ4v) is 7.56. The Labute approximate surface area is 285 Å². The number of nitrogens with zero attached hydrogens (tertiary/aromatic N) is 3. The summed E-state index contributed by atoms with van der Waals surface area (Å²) >= 11 is 12.8. The summed E-state index contributed by atoms with van der Waals surface area (Å²) in [5.41, 5.74) is 1.94. The molecule has 0 aliphatic carbocycles. The van der Waals surface area contributed by atoms with Crippen molar-refractivity contribution in [1.29, 1.82) is 0 Å². The average Bonchev–Trinajstić information content (AvgIpc) is 3.55. The van der Waals surface area contributed by atoms with E-state index < -0.39 is 17.6 Å². The Hall–Kier alpha value is -3.63. The minimum absolute atomic E-state index is 0.0127. The van der Waals surface area contributed by atoms with Crippen LogP contribution in [0.2, 0.25) is 10.0 Å². The quantitative estimate of drug-likeness (QED) is 0.319. The number of likely N-dealkylation sites (tertiary alicyclic amines) is 2. The number of hydrogen-bond acceptors (Lipinski definition) is 5. The largest absolute Gasteiger partial charge is 0.479 e. The molecule has 0 aromatic heterocycles. The molecule has 0 radical (unpaired) electrons. The summed E-state index contributed by atoms with van der Waals surface area (Å²) in [6.45, 7) is 4.13. The van der Waals surface area contributed by atoms with Gasteiger partial charge in [0.15, 0.2) is 6.10 Å². The molecule has 3 aliphatic rings.